The van der Waals surface area contributed by atoms with Gasteiger partial charge in [-0.15, -0.1) is 5.10 Å². The van der Waals surface area contributed by atoms with Crippen molar-refractivity contribution in [2.45, 2.75) is 6.92 Å². The second-order valence-corrected chi connectivity index (χ2v) is 6.57. The second kappa shape index (κ2) is 7.60. The molecule has 0 fully saturated rings. The van der Waals surface area contributed by atoms with Gasteiger partial charge < -0.3 is 0 Å². The van der Waals surface area contributed by atoms with Crippen LogP contribution in [0.1, 0.15) is 11.3 Å². The highest BCUT2D eigenvalue weighted by atomic mass is 32.1. The minimum absolute atomic E-state index is 0.0148. The zero-order valence-electron chi connectivity index (χ0n) is 15.3. The summed E-state index contributed by atoms with van der Waals surface area (Å²) < 4.78 is 3.35. The van der Waals surface area contributed by atoms with Crippen molar-refractivity contribution in [2.24, 2.45) is 5.10 Å². The summed E-state index contributed by atoms with van der Waals surface area (Å²) in [4.78, 5) is 10.5. The highest BCUT2D eigenvalue weighted by molar-refractivity contribution is 7.71. The largest absolute Gasteiger partial charge is 0.272 e. The lowest BCUT2D eigenvalue weighted by atomic mass is 10.1. The molecule has 2 aromatic carbocycles. The quantitative estimate of drug-likeness (QED) is 0.235. The average Bonchev–Trinajstić information content (AvgIpc) is 3.29. The van der Waals surface area contributed by atoms with E-state index in [0.29, 0.717) is 11.5 Å². The number of nitrogens with zero attached hydrogens (tertiary/aromatic N) is 6. The number of aromatic amines is 1. The first-order valence-corrected chi connectivity index (χ1v) is 9.02. The highest BCUT2D eigenvalue weighted by Gasteiger charge is 2.15. The topological polar surface area (TPSA) is 107 Å². The van der Waals surface area contributed by atoms with Gasteiger partial charge in [-0.1, -0.05) is 42.5 Å². The van der Waals surface area contributed by atoms with Crippen LogP contribution >= 0.6 is 12.2 Å². The summed E-state index contributed by atoms with van der Waals surface area (Å²) in [5.74, 6) is 0.378. The third-order valence-corrected chi connectivity index (χ3v) is 4.39. The average molecular weight is 405 g/mol. The summed E-state index contributed by atoms with van der Waals surface area (Å²) in [6.45, 7) is 1.89. The maximum Gasteiger partial charge on any atom is 0.272 e. The number of rotatable bonds is 5. The van der Waals surface area contributed by atoms with Gasteiger partial charge >= 0.3 is 0 Å². The molecule has 0 spiro atoms. The number of hydrogen-bond donors (Lipinski definition) is 1. The molecule has 0 atom stereocenters. The van der Waals surface area contributed by atoms with Gasteiger partial charge in [-0.2, -0.15) is 19.6 Å². The van der Waals surface area contributed by atoms with E-state index in [1.807, 2.05) is 43.3 Å². The lowest BCUT2D eigenvalue weighted by Gasteiger charge is -2.06. The van der Waals surface area contributed by atoms with Crippen molar-refractivity contribution < 1.29 is 4.92 Å². The third kappa shape index (κ3) is 3.73. The molecule has 0 aliphatic rings. The fourth-order valence-electron chi connectivity index (χ4n) is 2.83. The van der Waals surface area contributed by atoms with Gasteiger partial charge in [-0.3, -0.25) is 10.1 Å². The van der Waals surface area contributed by atoms with E-state index < -0.39 is 4.92 Å². The van der Waals surface area contributed by atoms with E-state index in [1.54, 1.807) is 16.8 Å². The van der Waals surface area contributed by atoms with Crippen LogP contribution in [0.4, 0.5) is 5.69 Å². The van der Waals surface area contributed by atoms with Crippen LogP contribution < -0.4 is 0 Å². The van der Waals surface area contributed by atoms with Gasteiger partial charge in [-0.25, -0.2) is 5.10 Å². The maximum atomic E-state index is 11.0. The minimum atomic E-state index is -0.453. The fourth-order valence-corrected chi connectivity index (χ4v) is 3.01. The molecule has 4 aromatic rings. The monoisotopic (exact) mass is 405 g/mol. The minimum Gasteiger partial charge on any atom is -0.258 e. The van der Waals surface area contributed by atoms with Crippen LogP contribution in [0.3, 0.4) is 0 Å². The normalized spacial score (nSPS) is 11.2. The van der Waals surface area contributed by atoms with Gasteiger partial charge in [0.05, 0.1) is 22.5 Å². The Balaban J connectivity index is 1.77. The predicted octanol–water partition coefficient (Wildman–Crippen LogP) is 3.89. The summed E-state index contributed by atoms with van der Waals surface area (Å²) >= 11 is 5.30. The first-order valence-electron chi connectivity index (χ1n) is 8.61. The third-order valence-electron chi connectivity index (χ3n) is 4.13. The van der Waals surface area contributed by atoms with Crippen molar-refractivity contribution in [3.8, 4) is 17.2 Å². The number of hydrogen-bond acceptors (Lipinski definition) is 6. The summed E-state index contributed by atoms with van der Waals surface area (Å²) in [5.41, 5.74) is 3.17. The Morgan fingerprint density at radius 3 is 2.72 bits per heavy atom. The van der Waals surface area contributed by atoms with Crippen LogP contribution in [0.5, 0.6) is 0 Å². The summed E-state index contributed by atoms with van der Waals surface area (Å²) in [6, 6.07) is 17.9. The highest BCUT2D eigenvalue weighted by Crippen LogP contribution is 2.23. The van der Waals surface area contributed by atoms with E-state index in [1.165, 1.54) is 23.0 Å². The predicted molar refractivity (Wildman–Crippen MR) is 111 cm³/mol. The molecule has 0 aliphatic heterocycles. The van der Waals surface area contributed by atoms with Crippen molar-refractivity contribution in [1.82, 2.24) is 24.7 Å². The van der Waals surface area contributed by atoms with Gasteiger partial charge in [0.25, 0.3) is 11.6 Å². The maximum absolute atomic E-state index is 11.0. The molecule has 10 heteroatoms. The molecule has 1 N–H and O–H groups in total. The fraction of sp³-hybridized carbons (Fsp3) is 0.0526. The standard InChI is InChI=1S/C19H15N7O2S/c1-13-10-17(15-7-3-2-4-8-15)24(23-13)18-21-22-19(29)25(18)20-12-14-6-5-9-16(11-14)26(27)28/h2-12H,1H3,(H,22,29)/b20-12+. The van der Waals surface area contributed by atoms with E-state index in [0.717, 1.165) is 17.0 Å². The summed E-state index contributed by atoms with van der Waals surface area (Å²) in [7, 11) is 0. The van der Waals surface area contributed by atoms with Crippen LogP contribution in [0, 0.1) is 21.8 Å². The molecule has 0 radical (unpaired) electrons. The first-order chi connectivity index (χ1) is 14.0. The second-order valence-electron chi connectivity index (χ2n) is 6.19. The van der Waals surface area contributed by atoms with Gasteiger partial charge in [0, 0.05) is 23.3 Å². The number of nitro groups is 1. The first kappa shape index (κ1) is 18.4. The number of non-ortho nitro benzene ring substituents is 1. The van der Waals surface area contributed by atoms with Crippen molar-refractivity contribution in [1.29, 1.82) is 0 Å². The number of benzene rings is 2. The van der Waals surface area contributed by atoms with E-state index in [-0.39, 0.29) is 10.5 Å². The Hall–Kier alpha value is -3.92. The summed E-state index contributed by atoms with van der Waals surface area (Å²) in [6.07, 6.45) is 1.49. The Kier molecular flexibility index (Phi) is 4.83. The molecule has 4 rings (SSSR count). The molecule has 2 heterocycles. The van der Waals surface area contributed by atoms with Crippen LogP contribution in [0.15, 0.2) is 65.8 Å². The Labute approximate surface area is 170 Å². The van der Waals surface area contributed by atoms with E-state index >= 15 is 0 Å². The molecular weight excluding hydrogens is 390 g/mol. The molecule has 9 nitrogen and oxygen atoms in total. The van der Waals surface area contributed by atoms with Crippen molar-refractivity contribution in [2.75, 3.05) is 0 Å². The Morgan fingerprint density at radius 2 is 1.97 bits per heavy atom. The molecular formula is C19H15N7O2S. The van der Waals surface area contributed by atoms with Crippen LogP contribution in [-0.4, -0.2) is 35.8 Å². The van der Waals surface area contributed by atoms with E-state index in [9.17, 15) is 10.1 Å². The molecule has 0 saturated carbocycles. The van der Waals surface area contributed by atoms with Crippen LogP contribution in [-0.2, 0) is 0 Å². The zero-order valence-corrected chi connectivity index (χ0v) is 16.1. The number of nitro benzene ring substituents is 1. The SMILES string of the molecule is Cc1cc(-c2ccccc2)n(-c2n[nH]c(=S)n2/N=C/c2cccc([N+](=O)[O-])c2)n1. The lowest BCUT2D eigenvalue weighted by Crippen LogP contribution is -2.07. The molecule has 2 aromatic heterocycles. The Bertz CT molecular complexity index is 1270. The summed E-state index contributed by atoms with van der Waals surface area (Å²) in [5, 5.41) is 26.9. The van der Waals surface area contributed by atoms with E-state index in [4.69, 9.17) is 12.2 Å². The van der Waals surface area contributed by atoms with Crippen LogP contribution in [0.25, 0.3) is 17.2 Å². The van der Waals surface area contributed by atoms with Crippen molar-refractivity contribution in [3.05, 3.63) is 86.8 Å². The molecule has 0 aliphatic carbocycles. The van der Waals surface area contributed by atoms with Crippen molar-refractivity contribution in [3.63, 3.8) is 0 Å². The Morgan fingerprint density at radius 1 is 1.17 bits per heavy atom. The van der Waals surface area contributed by atoms with Gasteiger partial charge in [0.1, 0.15) is 0 Å². The number of aryl methyl sites for hydroxylation is 1. The lowest BCUT2D eigenvalue weighted by molar-refractivity contribution is -0.384. The zero-order chi connectivity index (χ0) is 20.4. The van der Waals surface area contributed by atoms with Crippen LogP contribution in [0.2, 0.25) is 0 Å². The van der Waals surface area contributed by atoms with Crippen molar-refractivity contribution >= 4 is 24.1 Å². The molecule has 0 bridgehead atoms. The molecule has 0 unspecified atom stereocenters. The molecule has 29 heavy (non-hydrogen) atoms. The molecule has 144 valence electrons. The smallest absolute Gasteiger partial charge is 0.258 e. The van der Waals surface area contributed by atoms with E-state index in [2.05, 4.69) is 20.4 Å². The van der Waals surface area contributed by atoms with Gasteiger partial charge in [-0.05, 0) is 25.2 Å². The molecule has 0 saturated heterocycles. The number of aromatic nitrogens is 5. The van der Waals surface area contributed by atoms with Gasteiger partial charge in [0.15, 0.2) is 0 Å². The van der Waals surface area contributed by atoms with Gasteiger partial charge in [0.2, 0.25) is 4.77 Å². The number of H-pyrrole nitrogens is 1. The number of nitrogens with one attached hydrogen (secondary N) is 1. The molecule has 0 amide bonds.